The van der Waals surface area contributed by atoms with Gasteiger partial charge in [-0.3, -0.25) is 4.55 Å². The Morgan fingerprint density at radius 3 is 1.40 bits per heavy atom. The predicted octanol–water partition coefficient (Wildman–Crippen LogP) is 6.47. The van der Waals surface area contributed by atoms with Gasteiger partial charge in [-0.15, -0.1) is 0 Å². The van der Waals surface area contributed by atoms with Crippen LogP contribution in [-0.4, -0.2) is 57.1 Å². The number of rotatable bonds is 13. The molecule has 15 nitrogen and oxygen atoms in total. The SMILES string of the molecule is COc1nc(Nc2ccccc2)nc(Nc2ccc(C=Cc3ccc(Nc4nc(Nc5ccccc5)nc(OC)n4)cc3S(=O)(=O)O)cc2)n1. The van der Waals surface area contributed by atoms with E-state index in [0.29, 0.717) is 17.3 Å². The van der Waals surface area contributed by atoms with Gasteiger partial charge in [0, 0.05) is 22.7 Å². The second kappa shape index (κ2) is 15.1. The third kappa shape index (κ3) is 8.82. The second-order valence-electron chi connectivity index (χ2n) is 10.4. The molecule has 0 fully saturated rings. The minimum atomic E-state index is -4.61. The predicted molar refractivity (Wildman–Crippen MR) is 190 cm³/mol. The van der Waals surface area contributed by atoms with Crippen molar-refractivity contribution < 1.29 is 22.4 Å². The summed E-state index contributed by atoms with van der Waals surface area (Å²) in [6, 6.07) is 30.6. The van der Waals surface area contributed by atoms with E-state index in [2.05, 4.69) is 51.2 Å². The van der Waals surface area contributed by atoms with E-state index in [1.807, 2.05) is 72.8 Å². The van der Waals surface area contributed by atoms with Crippen LogP contribution in [0.3, 0.4) is 0 Å². The Bertz CT molecular complexity index is 2220. The van der Waals surface area contributed by atoms with E-state index in [0.717, 1.165) is 16.9 Å². The monoisotopic (exact) mass is 690 g/mol. The lowest BCUT2D eigenvalue weighted by atomic mass is 10.1. The molecule has 0 atom stereocenters. The van der Waals surface area contributed by atoms with Gasteiger partial charge in [-0.2, -0.15) is 38.3 Å². The highest BCUT2D eigenvalue weighted by atomic mass is 32.2. The number of anilines is 8. The molecule has 2 heterocycles. The summed E-state index contributed by atoms with van der Waals surface area (Å²) in [5, 5.41) is 12.3. The van der Waals surface area contributed by atoms with Gasteiger partial charge in [-0.25, -0.2) is 0 Å². The quantitative estimate of drug-likeness (QED) is 0.0652. The summed E-state index contributed by atoms with van der Waals surface area (Å²) >= 11 is 0. The molecule has 4 aromatic carbocycles. The molecule has 50 heavy (non-hydrogen) atoms. The Morgan fingerprint density at radius 1 is 0.540 bits per heavy atom. The molecule has 0 saturated carbocycles. The summed E-state index contributed by atoms with van der Waals surface area (Å²) in [5.41, 5.74) is 3.56. The molecule has 0 saturated heterocycles. The molecular weight excluding hydrogens is 661 g/mol. The number of hydrogen-bond acceptors (Lipinski definition) is 14. The Labute approximate surface area is 287 Å². The fraction of sp³-hybridized carbons (Fsp3) is 0.0588. The molecule has 5 N–H and O–H groups in total. The second-order valence-corrected chi connectivity index (χ2v) is 11.7. The van der Waals surface area contributed by atoms with Gasteiger partial charge in [0.1, 0.15) is 4.90 Å². The molecule has 6 rings (SSSR count). The molecule has 0 spiro atoms. The Morgan fingerprint density at radius 2 is 0.960 bits per heavy atom. The third-order valence-corrected chi connectivity index (χ3v) is 7.73. The van der Waals surface area contributed by atoms with Crippen LogP contribution in [0.4, 0.5) is 46.5 Å². The van der Waals surface area contributed by atoms with E-state index in [1.54, 1.807) is 36.4 Å². The van der Waals surface area contributed by atoms with E-state index in [9.17, 15) is 13.0 Å². The lowest BCUT2D eigenvalue weighted by molar-refractivity contribution is 0.379. The molecule has 0 bridgehead atoms. The smallest absolute Gasteiger partial charge is 0.322 e. The van der Waals surface area contributed by atoms with Gasteiger partial charge in [0.05, 0.1) is 14.2 Å². The average molecular weight is 691 g/mol. The highest BCUT2D eigenvalue weighted by molar-refractivity contribution is 7.86. The molecule has 0 aliphatic carbocycles. The molecule has 0 amide bonds. The summed E-state index contributed by atoms with van der Waals surface area (Å²) in [4.78, 5) is 25.4. The van der Waals surface area contributed by atoms with Gasteiger partial charge in [-0.1, -0.05) is 66.7 Å². The molecular formula is C34H30N10O5S. The van der Waals surface area contributed by atoms with Crippen molar-refractivity contribution in [1.82, 2.24) is 29.9 Å². The van der Waals surface area contributed by atoms with Gasteiger partial charge >= 0.3 is 12.0 Å². The summed E-state index contributed by atoms with van der Waals surface area (Å²) in [6.45, 7) is 0. The lowest BCUT2D eigenvalue weighted by Gasteiger charge is -2.11. The summed E-state index contributed by atoms with van der Waals surface area (Å²) in [7, 11) is -1.72. The van der Waals surface area contributed by atoms with Crippen molar-refractivity contribution in [2.75, 3.05) is 35.5 Å². The van der Waals surface area contributed by atoms with Gasteiger partial charge < -0.3 is 30.7 Å². The number of ether oxygens (including phenoxy) is 2. The molecule has 2 aromatic heterocycles. The van der Waals surface area contributed by atoms with Crippen molar-refractivity contribution in [1.29, 1.82) is 0 Å². The molecule has 252 valence electrons. The Hall–Kier alpha value is -6.65. The molecule has 6 aromatic rings. The van der Waals surface area contributed by atoms with Crippen LogP contribution in [0, 0.1) is 0 Å². The fourth-order valence-corrected chi connectivity index (χ4v) is 5.23. The van der Waals surface area contributed by atoms with Crippen molar-refractivity contribution in [2.45, 2.75) is 4.90 Å². The normalized spacial score (nSPS) is 11.2. The number of nitrogens with one attached hydrogen (secondary N) is 4. The first-order valence-corrected chi connectivity index (χ1v) is 16.4. The van der Waals surface area contributed by atoms with Crippen LogP contribution in [0.25, 0.3) is 12.2 Å². The van der Waals surface area contributed by atoms with Crippen molar-refractivity contribution in [3.63, 3.8) is 0 Å². The largest absolute Gasteiger partial charge is 0.467 e. The topological polar surface area (TPSA) is 198 Å². The van der Waals surface area contributed by atoms with Crippen molar-refractivity contribution >= 4 is 68.8 Å². The maximum absolute atomic E-state index is 12.4. The number of para-hydroxylation sites is 2. The van der Waals surface area contributed by atoms with Crippen LogP contribution in [-0.2, 0) is 10.1 Å². The van der Waals surface area contributed by atoms with Crippen LogP contribution < -0.4 is 30.7 Å². The molecule has 0 aliphatic heterocycles. The average Bonchev–Trinajstić information content (AvgIpc) is 3.12. The van der Waals surface area contributed by atoms with Crippen LogP contribution in [0.15, 0.2) is 108 Å². The zero-order valence-corrected chi connectivity index (χ0v) is 27.5. The maximum Gasteiger partial charge on any atom is 0.322 e. The van der Waals surface area contributed by atoms with Gasteiger partial charge in [-0.05, 0) is 59.7 Å². The molecule has 0 aliphatic rings. The van der Waals surface area contributed by atoms with Crippen molar-refractivity contribution in [3.05, 3.63) is 114 Å². The van der Waals surface area contributed by atoms with E-state index in [1.165, 1.54) is 20.3 Å². The highest BCUT2D eigenvalue weighted by Crippen LogP contribution is 2.26. The third-order valence-electron chi connectivity index (χ3n) is 6.82. The molecule has 0 radical (unpaired) electrons. The summed E-state index contributed by atoms with van der Waals surface area (Å²) < 4.78 is 45.3. The summed E-state index contributed by atoms with van der Waals surface area (Å²) in [5.74, 6) is 0.871. The van der Waals surface area contributed by atoms with Crippen LogP contribution in [0.1, 0.15) is 11.1 Å². The summed E-state index contributed by atoms with van der Waals surface area (Å²) in [6.07, 6.45) is 3.30. The number of benzene rings is 4. The van der Waals surface area contributed by atoms with Crippen LogP contribution in [0.2, 0.25) is 0 Å². The number of methoxy groups -OCH3 is 2. The zero-order valence-electron chi connectivity index (χ0n) is 26.6. The number of hydrogen-bond donors (Lipinski definition) is 5. The fourth-order valence-electron chi connectivity index (χ4n) is 4.52. The van der Waals surface area contributed by atoms with Gasteiger partial charge in [0.2, 0.25) is 23.8 Å². The van der Waals surface area contributed by atoms with Gasteiger partial charge in [0.15, 0.2) is 0 Å². The van der Waals surface area contributed by atoms with Crippen LogP contribution >= 0.6 is 0 Å². The first-order valence-electron chi connectivity index (χ1n) is 14.9. The molecule has 0 unspecified atom stereocenters. The minimum absolute atomic E-state index is 0.0366. The highest BCUT2D eigenvalue weighted by Gasteiger charge is 2.16. The van der Waals surface area contributed by atoms with E-state index in [-0.39, 0.29) is 40.3 Å². The van der Waals surface area contributed by atoms with E-state index < -0.39 is 10.1 Å². The maximum atomic E-state index is 12.4. The first-order chi connectivity index (χ1) is 24.2. The number of nitrogens with zero attached hydrogens (tertiary/aromatic N) is 6. The standard InChI is InChI=1S/C34H30N10O5S/c1-48-33-41-29(35-24-9-5-3-6-10-24)39-31(43-33)37-26-18-14-22(15-19-26)13-16-23-17-20-27(21-28(23)50(45,46)47)38-32-40-30(42-34(44-32)49-2)36-25-11-7-4-8-12-25/h3-21H,1-2H3,(H,45,46,47)(H2,35,37,39,41,43)(H2,36,38,40,42,44). The molecule has 16 heteroatoms. The van der Waals surface area contributed by atoms with E-state index >= 15 is 0 Å². The Balaban J connectivity index is 1.17. The van der Waals surface area contributed by atoms with Crippen molar-refractivity contribution in [2.24, 2.45) is 0 Å². The van der Waals surface area contributed by atoms with Crippen molar-refractivity contribution in [3.8, 4) is 12.0 Å². The van der Waals surface area contributed by atoms with Gasteiger partial charge in [0.25, 0.3) is 10.1 Å². The minimum Gasteiger partial charge on any atom is -0.467 e. The lowest BCUT2D eigenvalue weighted by Crippen LogP contribution is -2.07. The first kappa shape index (κ1) is 33.3. The zero-order chi connectivity index (χ0) is 34.9. The van der Waals surface area contributed by atoms with E-state index in [4.69, 9.17) is 9.47 Å². The Kier molecular flexibility index (Phi) is 10.0. The van der Waals surface area contributed by atoms with Crippen LogP contribution in [0.5, 0.6) is 12.0 Å². The number of aromatic nitrogens is 6.